The monoisotopic (exact) mass is 325 g/mol. The van der Waals surface area contributed by atoms with E-state index in [9.17, 15) is 9.59 Å². The van der Waals surface area contributed by atoms with Crippen LogP contribution in [0.3, 0.4) is 0 Å². The van der Waals surface area contributed by atoms with E-state index in [0.29, 0.717) is 12.1 Å². The van der Waals surface area contributed by atoms with Gasteiger partial charge in [-0.15, -0.1) is 0 Å². The van der Waals surface area contributed by atoms with Crippen LogP contribution < -0.4 is 0 Å². The molecule has 1 fully saturated rings. The number of likely N-dealkylation sites (tertiary alicyclic amines) is 1. The maximum absolute atomic E-state index is 12.9. The molecule has 1 atom stereocenters. The van der Waals surface area contributed by atoms with Gasteiger partial charge in [-0.05, 0) is 38.8 Å². The van der Waals surface area contributed by atoms with Crippen molar-refractivity contribution in [3.63, 3.8) is 0 Å². The van der Waals surface area contributed by atoms with Gasteiger partial charge in [0.15, 0.2) is 0 Å². The first-order chi connectivity index (χ1) is 11.6. The Morgan fingerprint density at radius 3 is 2.42 bits per heavy atom. The zero-order chi connectivity index (χ0) is 17.1. The molecule has 1 aromatic carbocycles. The van der Waals surface area contributed by atoms with Crippen LogP contribution in [0, 0.1) is 13.8 Å². The summed E-state index contributed by atoms with van der Waals surface area (Å²) in [6.45, 7) is 4.45. The zero-order valence-corrected chi connectivity index (χ0v) is 14.2. The summed E-state index contributed by atoms with van der Waals surface area (Å²) in [5.74, 6) is 0.732. The van der Waals surface area contributed by atoms with E-state index < -0.39 is 11.7 Å². The molecule has 24 heavy (non-hydrogen) atoms. The Hall–Kier alpha value is -2.36. The minimum absolute atomic E-state index is 0.150. The number of benzene rings is 1. The minimum Gasteiger partial charge on any atom is -0.464 e. The summed E-state index contributed by atoms with van der Waals surface area (Å²) in [5.41, 5.74) is 1.52. The van der Waals surface area contributed by atoms with Crippen molar-refractivity contribution in [1.82, 2.24) is 4.90 Å². The van der Waals surface area contributed by atoms with E-state index in [1.54, 1.807) is 17.0 Å². The fourth-order valence-electron chi connectivity index (χ4n) is 3.24. The van der Waals surface area contributed by atoms with Crippen molar-refractivity contribution < 1.29 is 14.0 Å². The van der Waals surface area contributed by atoms with E-state index in [-0.39, 0.29) is 6.04 Å². The molecule has 0 bridgehead atoms. The molecular weight excluding hydrogens is 302 g/mol. The molecule has 0 unspecified atom stereocenters. The molecule has 126 valence electrons. The van der Waals surface area contributed by atoms with E-state index in [1.165, 1.54) is 0 Å². The van der Waals surface area contributed by atoms with Crippen molar-refractivity contribution in [2.24, 2.45) is 0 Å². The Bertz CT molecular complexity index is 730. The Kier molecular flexibility index (Phi) is 4.84. The van der Waals surface area contributed by atoms with Crippen molar-refractivity contribution in [3.8, 4) is 0 Å². The number of aryl methyl sites for hydroxylation is 2. The Morgan fingerprint density at radius 1 is 1.00 bits per heavy atom. The number of Topliss-reactive ketones (excluding diaryl/α,β-unsaturated/α-hetero) is 1. The van der Waals surface area contributed by atoms with Gasteiger partial charge in [0.1, 0.15) is 11.5 Å². The van der Waals surface area contributed by atoms with Crippen molar-refractivity contribution >= 4 is 11.7 Å². The van der Waals surface area contributed by atoms with Crippen LogP contribution in [0.4, 0.5) is 0 Å². The molecule has 0 N–H and O–H groups in total. The van der Waals surface area contributed by atoms with Gasteiger partial charge < -0.3 is 9.32 Å². The minimum atomic E-state index is -0.440. The van der Waals surface area contributed by atoms with E-state index in [2.05, 4.69) is 0 Å². The highest BCUT2D eigenvalue weighted by molar-refractivity contribution is 6.42. The quantitative estimate of drug-likeness (QED) is 0.627. The number of amides is 1. The van der Waals surface area contributed by atoms with Gasteiger partial charge in [0, 0.05) is 12.1 Å². The second-order valence-electron chi connectivity index (χ2n) is 6.51. The van der Waals surface area contributed by atoms with Crippen LogP contribution >= 0.6 is 0 Å². The third-order valence-corrected chi connectivity index (χ3v) is 4.61. The molecule has 4 nitrogen and oxygen atoms in total. The van der Waals surface area contributed by atoms with Crippen LogP contribution in [0.5, 0.6) is 0 Å². The van der Waals surface area contributed by atoms with Crippen LogP contribution in [0.1, 0.15) is 59.2 Å². The lowest BCUT2D eigenvalue weighted by Crippen LogP contribution is -2.39. The van der Waals surface area contributed by atoms with Crippen LogP contribution in [0.2, 0.25) is 0 Å². The van der Waals surface area contributed by atoms with Crippen LogP contribution in [0.15, 0.2) is 40.8 Å². The predicted octanol–water partition coefficient (Wildman–Crippen LogP) is 4.22. The van der Waals surface area contributed by atoms with E-state index in [0.717, 1.165) is 42.8 Å². The highest BCUT2D eigenvalue weighted by Gasteiger charge is 2.32. The van der Waals surface area contributed by atoms with Crippen LogP contribution in [-0.2, 0) is 4.79 Å². The predicted molar refractivity (Wildman–Crippen MR) is 91.9 cm³/mol. The molecule has 0 saturated carbocycles. The fourth-order valence-corrected chi connectivity index (χ4v) is 3.24. The second kappa shape index (κ2) is 7.04. The average molecular weight is 325 g/mol. The van der Waals surface area contributed by atoms with Crippen molar-refractivity contribution in [3.05, 3.63) is 59.0 Å². The van der Waals surface area contributed by atoms with Crippen LogP contribution in [-0.4, -0.2) is 23.1 Å². The lowest BCUT2D eigenvalue weighted by molar-refractivity contribution is -0.129. The zero-order valence-electron chi connectivity index (χ0n) is 14.2. The first-order valence-electron chi connectivity index (χ1n) is 8.54. The number of carbonyl (C=O) groups is 2. The molecule has 2 aromatic rings. The smallest absolute Gasteiger partial charge is 0.295 e. The summed E-state index contributed by atoms with van der Waals surface area (Å²) >= 11 is 0. The third-order valence-electron chi connectivity index (χ3n) is 4.61. The van der Waals surface area contributed by atoms with Crippen molar-refractivity contribution in [1.29, 1.82) is 0 Å². The summed E-state index contributed by atoms with van der Waals surface area (Å²) in [5, 5.41) is 0. The molecule has 1 amide bonds. The Labute approximate surface area is 142 Å². The lowest BCUT2D eigenvalue weighted by atomic mass is 10.0. The number of rotatable bonds is 3. The number of ketones is 1. The highest BCUT2D eigenvalue weighted by Crippen LogP contribution is 2.31. The summed E-state index contributed by atoms with van der Waals surface area (Å²) in [4.78, 5) is 27.2. The first-order valence-corrected chi connectivity index (χ1v) is 8.54. The SMILES string of the molecule is Cc1ccc(C(=O)C(=O)N2CCCCC[C@@H]2c2ccc(C)o2)cc1. The molecule has 1 aromatic heterocycles. The van der Waals surface area contributed by atoms with Crippen molar-refractivity contribution in [2.75, 3.05) is 6.54 Å². The van der Waals surface area contributed by atoms with Gasteiger partial charge in [0.25, 0.3) is 5.91 Å². The first kappa shape index (κ1) is 16.5. The average Bonchev–Trinajstić information content (AvgIpc) is 2.86. The molecule has 0 aliphatic carbocycles. The second-order valence-corrected chi connectivity index (χ2v) is 6.51. The maximum Gasteiger partial charge on any atom is 0.295 e. The Balaban J connectivity index is 1.86. The molecule has 2 heterocycles. The van der Waals surface area contributed by atoms with Crippen molar-refractivity contribution in [2.45, 2.75) is 45.6 Å². The summed E-state index contributed by atoms with van der Waals surface area (Å²) in [7, 11) is 0. The molecule has 1 saturated heterocycles. The number of hydrogen-bond acceptors (Lipinski definition) is 3. The highest BCUT2D eigenvalue weighted by atomic mass is 16.3. The third kappa shape index (κ3) is 3.42. The molecule has 0 spiro atoms. The van der Waals surface area contributed by atoms with Gasteiger partial charge in [-0.1, -0.05) is 42.7 Å². The summed E-state index contributed by atoms with van der Waals surface area (Å²) in [6, 6.07) is 10.8. The number of hydrogen-bond donors (Lipinski definition) is 0. The van der Waals surface area contributed by atoms with E-state index in [1.807, 2.05) is 38.1 Å². The fraction of sp³-hybridized carbons (Fsp3) is 0.400. The standard InChI is InChI=1S/C20H23NO3/c1-14-7-10-16(11-8-14)19(22)20(23)21-13-5-3-4-6-17(21)18-12-9-15(2)24-18/h7-12,17H,3-6,13H2,1-2H3/t17-/m1/s1. The molecule has 1 aliphatic heterocycles. The number of nitrogens with zero attached hydrogens (tertiary/aromatic N) is 1. The summed E-state index contributed by atoms with van der Waals surface area (Å²) in [6.07, 6.45) is 3.86. The topological polar surface area (TPSA) is 50.5 Å². The van der Waals surface area contributed by atoms with E-state index in [4.69, 9.17) is 4.42 Å². The number of furan rings is 1. The van der Waals surface area contributed by atoms with E-state index >= 15 is 0 Å². The lowest BCUT2D eigenvalue weighted by Gasteiger charge is -2.28. The maximum atomic E-state index is 12.9. The molecule has 3 rings (SSSR count). The van der Waals surface area contributed by atoms with Gasteiger partial charge >= 0.3 is 0 Å². The van der Waals surface area contributed by atoms with Gasteiger partial charge in [-0.2, -0.15) is 0 Å². The van der Waals surface area contributed by atoms with Gasteiger partial charge in [0.05, 0.1) is 6.04 Å². The number of carbonyl (C=O) groups excluding carboxylic acids is 2. The Morgan fingerprint density at radius 2 is 1.75 bits per heavy atom. The largest absolute Gasteiger partial charge is 0.464 e. The van der Waals surface area contributed by atoms with Gasteiger partial charge in [0.2, 0.25) is 5.78 Å². The normalized spacial score (nSPS) is 18.2. The van der Waals surface area contributed by atoms with Gasteiger partial charge in [-0.25, -0.2) is 0 Å². The molecule has 4 heteroatoms. The molecule has 1 aliphatic rings. The van der Waals surface area contributed by atoms with Gasteiger partial charge in [-0.3, -0.25) is 9.59 Å². The van der Waals surface area contributed by atoms with Crippen LogP contribution in [0.25, 0.3) is 0 Å². The summed E-state index contributed by atoms with van der Waals surface area (Å²) < 4.78 is 5.75. The molecular formula is C20H23NO3. The molecule has 0 radical (unpaired) electrons.